The molecule has 8 aliphatic carbocycles. The lowest BCUT2D eigenvalue weighted by atomic mass is 9.49. The van der Waals surface area contributed by atoms with Gasteiger partial charge in [-0.2, -0.15) is 0 Å². The molecule has 8 aliphatic rings. The van der Waals surface area contributed by atoms with Crippen LogP contribution in [-0.4, -0.2) is 16.4 Å². The molecular formula is C28H35N3OS. The molecule has 8 fully saturated rings. The van der Waals surface area contributed by atoms with Crippen LogP contribution in [0.2, 0.25) is 0 Å². The van der Waals surface area contributed by atoms with Gasteiger partial charge in [0.25, 0.3) is 5.91 Å². The molecule has 10 rings (SSSR count). The number of nitrogens with zero attached hydrogens (tertiary/aromatic N) is 1. The van der Waals surface area contributed by atoms with Crippen molar-refractivity contribution in [2.24, 2.45) is 35.5 Å². The van der Waals surface area contributed by atoms with Gasteiger partial charge in [-0.25, -0.2) is 4.98 Å². The average molecular weight is 462 g/mol. The molecule has 33 heavy (non-hydrogen) atoms. The van der Waals surface area contributed by atoms with E-state index in [9.17, 15) is 4.79 Å². The van der Waals surface area contributed by atoms with Crippen LogP contribution in [0.4, 0.5) is 5.69 Å². The molecule has 0 atom stereocenters. The van der Waals surface area contributed by atoms with E-state index in [-0.39, 0.29) is 16.9 Å². The first-order valence-corrected chi connectivity index (χ1v) is 14.3. The van der Waals surface area contributed by atoms with E-state index < -0.39 is 0 Å². The summed E-state index contributed by atoms with van der Waals surface area (Å²) < 4.78 is 0. The van der Waals surface area contributed by atoms with Gasteiger partial charge < -0.3 is 11.1 Å². The second kappa shape index (κ2) is 6.53. The molecule has 3 N–H and O–H groups in total. The van der Waals surface area contributed by atoms with Crippen LogP contribution < -0.4 is 11.1 Å². The number of fused-ring (bicyclic) bond motifs is 1. The van der Waals surface area contributed by atoms with Crippen LogP contribution in [-0.2, 0) is 5.41 Å². The average Bonchev–Trinajstić information content (AvgIpc) is 3.08. The summed E-state index contributed by atoms with van der Waals surface area (Å²) in [7, 11) is 0. The van der Waals surface area contributed by atoms with Crippen LogP contribution in [0.15, 0.2) is 12.1 Å². The number of rotatable bonds is 3. The zero-order valence-corrected chi connectivity index (χ0v) is 20.3. The number of nitrogens with one attached hydrogen (secondary N) is 1. The summed E-state index contributed by atoms with van der Waals surface area (Å²) in [5.41, 5.74) is 8.80. The molecule has 0 radical (unpaired) electrons. The molecule has 2 aromatic rings. The predicted octanol–water partition coefficient (Wildman–Crippen LogP) is 6.04. The Hall–Kier alpha value is -1.62. The molecule has 0 saturated heterocycles. The third-order valence-corrected chi connectivity index (χ3v) is 11.9. The molecule has 8 saturated carbocycles. The number of hydrogen-bond donors (Lipinski definition) is 2. The van der Waals surface area contributed by atoms with Crippen molar-refractivity contribution in [1.82, 2.24) is 10.3 Å². The summed E-state index contributed by atoms with van der Waals surface area (Å²) in [4.78, 5) is 20.4. The smallest absolute Gasteiger partial charge is 0.264 e. The Morgan fingerprint density at radius 1 is 0.848 bits per heavy atom. The van der Waals surface area contributed by atoms with Gasteiger partial charge in [-0.05, 0) is 125 Å². The Morgan fingerprint density at radius 3 is 1.91 bits per heavy atom. The first-order valence-electron chi connectivity index (χ1n) is 13.5. The summed E-state index contributed by atoms with van der Waals surface area (Å²) in [6.45, 7) is 0. The fourth-order valence-electron chi connectivity index (χ4n) is 10.4. The van der Waals surface area contributed by atoms with Gasteiger partial charge in [0.15, 0.2) is 0 Å². The van der Waals surface area contributed by atoms with E-state index in [1.807, 2.05) is 0 Å². The summed E-state index contributed by atoms with van der Waals surface area (Å²) in [6.07, 6.45) is 16.0. The van der Waals surface area contributed by atoms with Crippen molar-refractivity contribution in [3.63, 3.8) is 0 Å². The molecule has 0 spiro atoms. The quantitative estimate of drug-likeness (QED) is 0.585. The lowest BCUT2D eigenvalue weighted by Crippen LogP contribution is -2.59. The zero-order chi connectivity index (χ0) is 21.9. The monoisotopic (exact) mass is 461 g/mol. The number of aromatic nitrogens is 1. The van der Waals surface area contributed by atoms with E-state index in [1.54, 1.807) is 0 Å². The number of anilines is 1. The second-order valence-corrected chi connectivity index (χ2v) is 14.2. The Kier molecular flexibility index (Phi) is 3.89. The van der Waals surface area contributed by atoms with Crippen LogP contribution >= 0.6 is 11.3 Å². The third-order valence-electron chi connectivity index (χ3n) is 10.8. The Labute approximate surface area is 200 Å². The van der Waals surface area contributed by atoms with E-state index >= 15 is 0 Å². The normalized spacial score (nSPS) is 44.6. The maximum Gasteiger partial charge on any atom is 0.264 e. The maximum atomic E-state index is 13.5. The third kappa shape index (κ3) is 2.87. The topological polar surface area (TPSA) is 68.0 Å². The fourth-order valence-corrected chi connectivity index (χ4v) is 11.4. The van der Waals surface area contributed by atoms with Gasteiger partial charge >= 0.3 is 0 Å². The SMILES string of the molecule is Nc1c(C(=O)NC23CC4CC(CC(C4)C2)C3)sc2nc(C34CC5CC(CC(C5)C3)C4)ccc12. The highest BCUT2D eigenvalue weighted by Crippen LogP contribution is 2.61. The maximum absolute atomic E-state index is 13.5. The number of hydrogen-bond acceptors (Lipinski definition) is 4. The molecule has 4 nitrogen and oxygen atoms in total. The number of amides is 1. The molecule has 5 heteroatoms. The van der Waals surface area contributed by atoms with E-state index in [2.05, 4.69) is 17.4 Å². The number of nitrogens with two attached hydrogens (primary N) is 1. The minimum Gasteiger partial charge on any atom is -0.397 e. The van der Waals surface area contributed by atoms with Gasteiger partial charge in [0.2, 0.25) is 0 Å². The molecule has 0 aromatic carbocycles. The summed E-state index contributed by atoms with van der Waals surface area (Å²) in [5.74, 6) is 5.23. The number of carbonyl (C=O) groups excluding carboxylic acids is 1. The second-order valence-electron chi connectivity index (χ2n) is 13.2. The molecule has 1 amide bonds. The number of carbonyl (C=O) groups is 1. The Bertz CT molecular complexity index is 1090. The Morgan fingerprint density at radius 2 is 1.36 bits per heavy atom. The highest BCUT2D eigenvalue weighted by Gasteiger charge is 2.53. The van der Waals surface area contributed by atoms with Crippen molar-refractivity contribution in [3.05, 3.63) is 22.7 Å². The molecule has 2 aromatic heterocycles. The van der Waals surface area contributed by atoms with Gasteiger partial charge in [0.1, 0.15) is 9.71 Å². The molecule has 0 unspecified atom stereocenters. The van der Waals surface area contributed by atoms with Crippen LogP contribution in [0, 0.1) is 35.5 Å². The summed E-state index contributed by atoms with van der Waals surface area (Å²) in [5, 5.41) is 4.51. The minimum absolute atomic E-state index is 0.0201. The minimum atomic E-state index is 0.0201. The van der Waals surface area contributed by atoms with Crippen molar-refractivity contribution in [2.75, 3.05) is 5.73 Å². The Balaban J connectivity index is 1.11. The van der Waals surface area contributed by atoms with E-state index in [1.165, 1.54) is 94.1 Å². The van der Waals surface area contributed by atoms with E-state index in [0.29, 0.717) is 10.6 Å². The van der Waals surface area contributed by atoms with E-state index in [0.717, 1.165) is 45.7 Å². The summed E-state index contributed by atoms with van der Waals surface area (Å²) >= 11 is 1.53. The largest absolute Gasteiger partial charge is 0.397 e. The van der Waals surface area contributed by atoms with Crippen molar-refractivity contribution >= 4 is 33.1 Å². The standard InChI is InChI=1S/C28H35N3OS/c29-23-21-1-2-22(27-9-15-3-16(10-27)5-17(4-15)11-27)30-26(21)33-24(23)25(32)31-28-12-18-6-19(13-28)8-20(7-18)14-28/h1-2,15-20H,3-14,29H2,(H,31,32). The molecule has 0 aliphatic heterocycles. The predicted molar refractivity (Wildman–Crippen MR) is 132 cm³/mol. The fraction of sp³-hybridized carbons (Fsp3) is 0.714. The highest BCUT2D eigenvalue weighted by atomic mass is 32.1. The van der Waals surface area contributed by atoms with Crippen molar-refractivity contribution in [3.8, 4) is 0 Å². The van der Waals surface area contributed by atoms with Gasteiger partial charge in [-0.3, -0.25) is 4.79 Å². The number of pyridine rings is 1. The first-order chi connectivity index (χ1) is 16.0. The lowest BCUT2D eigenvalue weighted by molar-refractivity contribution is -0.0166. The van der Waals surface area contributed by atoms with Gasteiger partial charge in [0.05, 0.1) is 5.69 Å². The number of nitrogen functional groups attached to an aromatic ring is 1. The van der Waals surface area contributed by atoms with Gasteiger partial charge in [-0.1, -0.05) is 0 Å². The van der Waals surface area contributed by atoms with Crippen molar-refractivity contribution < 1.29 is 4.79 Å². The molecule has 174 valence electrons. The molecule has 8 bridgehead atoms. The van der Waals surface area contributed by atoms with Crippen LogP contribution in [0.5, 0.6) is 0 Å². The van der Waals surface area contributed by atoms with Crippen molar-refractivity contribution in [2.45, 2.75) is 88.0 Å². The van der Waals surface area contributed by atoms with Crippen LogP contribution in [0.25, 0.3) is 10.2 Å². The van der Waals surface area contributed by atoms with Gasteiger partial charge in [0, 0.05) is 22.0 Å². The first kappa shape index (κ1) is 19.7. The van der Waals surface area contributed by atoms with Gasteiger partial charge in [-0.15, -0.1) is 11.3 Å². The highest BCUT2D eigenvalue weighted by molar-refractivity contribution is 7.21. The lowest BCUT2D eigenvalue weighted by Gasteiger charge is -2.56. The van der Waals surface area contributed by atoms with E-state index in [4.69, 9.17) is 10.7 Å². The molecule has 2 heterocycles. The van der Waals surface area contributed by atoms with Crippen LogP contribution in [0.1, 0.15) is 92.4 Å². The molecular weight excluding hydrogens is 426 g/mol. The van der Waals surface area contributed by atoms with Crippen LogP contribution in [0.3, 0.4) is 0 Å². The number of thiophene rings is 1. The zero-order valence-electron chi connectivity index (χ0n) is 19.4. The van der Waals surface area contributed by atoms with Crippen molar-refractivity contribution in [1.29, 1.82) is 0 Å². The summed E-state index contributed by atoms with van der Waals surface area (Å²) in [6, 6.07) is 4.42.